The molecular weight excluding hydrogens is 404 g/mol. The van der Waals surface area contributed by atoms with Crippen LogP contribution in [0.5, 0.6) is 0 Å². The van der Waals surface area contributed by atoms with E-state index < -0.39 is 6.23 Å². The third kappa shape index (κ3) is 4.02. The van der Waals surface area contributed by atoms with Crippen LogP contribution in [0.2, 0.25) is 0 Å². The van der Waals surface area contributed by atoms with Gasteiger partial charge < -0.3 is 24.6 Å². The maximum absolute atomic E-state index is 10.8. The summed E-state index contributed by atoms with van der Waals surface area (Å²) in [4.78, 5) is 15.5. The minimum absolute atomic E-state index is 0.605. The average molecular weight is 431 g/mol. The number of morpholine rings is 1. The molecule has 3 aromatic heterocycles. The first-order valence-electron chi connectivity index (χ1n) is 10.7. The van der Waals surface area contributed by atoms with Crippen LogP contribution in [0, 0.1) is 6.92 Å². The van der Waals surface area contributed by atoms with Gasteiger partial charge in [0.2, 0.25) is 0 Å². The molecule has 5 rings (SSSR count). The van der Waals surface area contributed by atoms with Gasteiger partial charge >= 0.3 is 0 Å². The lowest BCUT2D eigenvalue weighted by molar-refractivity contribution is 0.122. The molecule has 1 atom stereocenters. The fourth-order valence-electron chi connectivity index (χ4n) is 3.94. The van der Waals surface area contributed by atoms with E-state index in [1.807, 2.05) is 44.6 Å². The summed E-state index contributed by atoms with van der Waals surface area (Å²) in [6, 6.07) is 11.9. The Morgan fingerprint density at radius 3 is 2.62 bits per heavy atom. The van der Waals surface area contributed by atoms with Crippen LogP contribution in [-0.4, -0.2) is 50.9 Å². The summed E-state index contributed by atoms with van der Waals surface area (Å²) in [5.41, 5.74) is 2.88. The molecule has 0 bridgehead atoms. The monoisotopic (exact) mass is 430 g/mol. The Kier molecular flexibility index (Phi) is 5.46. The molecule has 8 heteroatoms. The van der Waals surface area contributed by atoms with Crippen LogP contribution in [-0.2, 0) is 11.8 Å². The highest BCUT2D eigenvalue weighted by molar-refractivity contribution is 5.88. The van der Waals surface area contributed by atoms with Crippen molar-refractivity contribution in [1.29, 1.82) is 0 Å². The number of hydrogen-bond acceptors (Lipinski definition) is 7. The number of aryl methyl sites for hydroxylation is 1. The summed E-state index contributed by atoms with van der Waals surface area (Å²) >= 11 is 0. The number of nitrogens with zero attached hydrogens (tertiary/aromatic N) is 5. The summed E-state index contributed by atoms with van der Waals surface area (Å²) in [6.07, 6.45) is 4.52. The standard InChI is InChI=1S/C24H26N6O2/c1-16-26-15-21(29(16)2)17-3-4-19-14-27-22(12-20(19)11-17)28-24(31)18-5-6-25-23(13-18)30-7-9-32-10-8-30/h3-6,11-15,24,31H,7-10H2,1-2H3,(H,27,28). The van der Waals surface area contributed by atoms with Crippen LogP contribution in [0.25, 0.3) is 22.0 Å². The highest BCUT2D eigenvalue weighted by Crippen LogP contribution is 2.27. The molecule has 8 nitrogen and oxygen atoms in total. The van der Waals surface area contributed by atoms with Crippen molar-refractivity contribution in [3.05, 3.63) is 66.4 Å². The third-order valence-electron chi connectivity index (χ3n) is 5.94. The molecule has 4 aromatic rings. The molecule has 0 spiro atoms. The predicted octanol–water partition coefficient (Wildman–Crippen LogP) is 3.28. The lowest BCUT2D eigenvalue weighted by Crippen LogP contribution is -2.36. The Morgan fingerprint density at radius 2 is 1.84 bits per heavy atom. The van der Waals surface area contributed by atoms with Crippen molar-refractivity contribution in [3.8, 4) is 11.3 Å². The molecule has 1 aliphatic heterocycles. The lowest BCUT2D eigenvalue weighted by atomic mass is 10.1. The molecule has 1 saturated heterocycles. The second-order valence-corrected chi connectivity index (χ2v) is 7.97. The minimum Gasteiger partial charge on any atom is -0.378 e. The van der Waals surface area contributed by atoms with Gasteiger partial charge in [0.1, 0.15) is 17.5 Å². The maximum atomic E-state index is 10.8. The molecule has 0 saturated carbocycles. The van der Waals surface area contributed by atoms with Gasteiger partial charge in [-0.3, -0.25) is 0 Å². The quantitative estimate of drug-likeness (QED) is 0.470. The summed E-state index contributed by atoms with van der Waals surface area (Å²) in [7, 11) is 2.01. The van der Waals surface area contributed by atoms with Gasteiger partial charge in [-0.2, -0.15) is 0 Å². The van der Waals surface area contributed by atoms with Gasteiger partial charge in [-0.1, -0.05) is 12.1 Å². The number of imidazole rings is 1. The smallest absolute Gasteiger partial charge is 0.152 e. The fraction of sp³-hybridized carbons (Fsp3) is 0.292. The highest BCUT2D eigenvalue weighted by Gasteiger charge is 2.15. The Labute approximate surface area is 186 Å². The van der Waals surface area contributed by atoms with Gasteiger partial charge in [0.15, 0.2) is 6.23 Å². The van der Waals surface area contributed by atoms with E-state index in [2.05, 4.69) is 47.9 Å². The van der Waals surface area contributed by atoms with E-state index in [9.17, 15) is 5.11 Å². The number of pyridine rings is 2. The van der Waals surface area contributed by atoms with E-state index in [4.69, 9.17) is 4.74 Å². The number of hydrogen-bond donors (Lipinski definition) is 2. The molecule has 32 heavy (non-hydrogen) atoms. The van der Waals surface area contributed by atoms with Crippen LogP contribution < -0.4 is 10.2 Å². The molecule has 2 N–H and O–H groups in total. The van der Waals surface area contributed by atoms with E-state index in [0.717, 1.165) is 52.3 Å². The first-order valence-corrected chi connectivity index (χ1v) is 10.7. The summed E-state index contributed by atoms with van der Waals surface area (Å²) in [6.45, 7) is 4.96. The van der Waals surface area contributed by atoms with Gasteiger partial charge in [0.25, 0.3) is 0 Å². The van der Waals surface area contributed by atoms with Crippen LogP contribution in [0.15, 0.2) is 55.0 Å². The van der Waals surface area contributed by atoms with E-state index in [1.54, 1.807) is 6.20 Å². The van der Waals surface area contributed by atoms with Crippen molar-refractivity contribution in [2.45, 2.75) is 13.2 Å². The van der Waals surface area contributed by atoms with Crippen LogP contribution in [0.4, 0.5) is 11.6 Å². The van der Waals surface area contributed by atoms with Crippen molar-refractivity contribution < 1.29 is 9.84 Å². The van der Waals surface area contributed by atoms with E-state index in [-0.39, 0.29) is 0 Å². The van der Waals surface area contributed by atoms with E-state index in [0.29, 0.717) is 19.0 Å². The number of aliphatic hydroxyl groups is 1. The highest BCUT2D eigenvalue weighted by atomic mass is 16.5. The summed E-state index contributed by atoms with van der Waals surface area (Å²) < 4.78 is 7.48. The number of aliphatic hydroxyl groups excluding tert-OH is 1. The Bertz CT molecular complexity index is 1250. The number of ether oxygens (including phenoxy) is 1. The molecule has 0 aliphatic carbocycles. The largest absolute Gasteiger partial charge is 0.378 e. The zero-order valence-corrected chi connectivity index (χ0v) is 18.2. The molecule has 1 aliphatic rings. The predicted molar refractivity (Wildman–Crippen MR) is 125 cm³/mol. The number of benzene rings is 1. The molecule has 164 valence electrons. The topological polar surface area (TPSA) is 88.3 Å². The number of fused-ring (bicyclic) bond motifs is 1. The Balaban J connectivity index is 1.38. The second-order valence-electron chi connectivity index (χ2n) is 7.97. The van der Waals surface area contributed by atoms with Crippen LogP contribution in [0.3, 0.4) is 0 Å². The number of aromatic nitrogens is 4. The van der Waals surface area contributed by atoms with Crippen molar-refractivity contribution in [2.24, 2.45) is 7.05 Å². The van der Waals surface area contributed by atoms with Crippen molar-refractivity contribution in [1.82, 2.24) is 19.5 Å². The first-order chi connectivity index (χ1) is 15.6. The molecule has 1 unspecified atom stereocenters. The zero-order valence-electron chi connectivity index (χ0n) is 18.2. The number of rotatable bonds is 5. The molecule has 4 heterocycles. The van der Waals surface area contributed by atoms with E-state index >= 15 is 0 Å². The SMILES string of the molecule is Cc1ncc(-c2ccc3cnc(NC(O)c4ccnc(N5CCOCC5)c4)cc3c2)n1C. The van der Waals surface area contributed by atoms with Gasteiger partial charge in [-0.15, -0.1) is 0 Å². The second kappa shape index (κ2) is 8.57. The molecule has 1 aromatic carbocycles. The number of anilines is 2. The fourth-order valence-corrected chi connectivity index (χ4v) is 3.94. The van der Waals surface area contributed by atoms with E-state index in [1.165, 1.54) is 0 Å². The van der Waals surface area contributed by atoms with Crippen molar-refractivity contribution in [2.75, 3.05) is 36.5 Å². The Morgan fingerprint density at radius 1 is 1.00 bits per heavy atom. The van der Waals surface area contributed by atoms with Gasteiger partial charge in [0.05, 0.1) is 25.1 Å². The minimum atomic E-state index is -0.898. The summed E-state index contributed by atoms with van der Waals surface area (Å²) in [5.74, 6) is 2.41. The van der Waals surface area contributed by atoms with Gasteiger partial charge in [-0.25, -0.2) is 15.0 Å². The lowest BCUT2D eigenvalue weighted by Gasteiger charge is -2.28. The number of nitrogens with one attached hydrogen (secondary N) is 1. The van der Waals surface area contributed by atoms with Gasteiger partial charge in [-0.05, 0) is 36.6 Å². The maximum Gasteiger partial charge on any atom is 0.152 e. The molecular formula is C24H26N6O2. The zero-order chi connectivity index (χ0) is 22.1. The third-order valence-corrected chi connectivity index (χ3v) is 5.94. The molecule has 1 fully saturated rings. The molecule has 0 radical (unpaired) electrons. The average Bonchev–Trinajstić information content (AvgIpc) is 3.17. The first kappa shape index (κ1) is 20.4. The summed E-state index contributed by atoms with van der Waals surface area (Å²) in [5, 5.41) is 16.0. The van der Waals surface area contributed by atoms with Crippen molar-refractivity contribution in [3.63, 3.8) is 0 Å². The van der Waals surface area contributed by atoms with Crippen LogP contribution >= 0.6 is 0 Å². The normalized spacial score (nSPS) is 15.2. The molecule has 0 amide bonds. The Hall–Kier alpha value is -3.49. The van der Waals surface area contributed by atoms with Gasteiger partial charge in [0, 0.05) is 49.0 Å². The van der Waals surface area contributed by atoms with Crippen molar-refractivity contribution >= 4 is 22.4 Å². The van der Waals surface area contributed by atoms with Crippen LogP contribution in [0.1, 0.15) is 17.6 Å².